The van der Waals surface area contributed by atoms with Gasteiger partial charge in [-0.25, -0.2) is 0 Å². The summed E-state index contributed by atoms with van der Waals surface area (Å²) in [5.41, 5.74) is 6.73. The van der Waals surface area contributed by atoms with E-state index in [-0.39, 0.29) is 0 Å². The molecule has 1 aromatic carbocycles. The van der Waals surface area contributed by atoms with Crippen LogP contribution >= 0.6 is 27.7 Å². The monoisotopic (exact) mass is 259 g/mol. The molecule has 0 bridgehead atoms. The van der Waals surface area contributed by atoms with Crippen LogP contribution in [0.5, 0.6) is 0 Å². The van der Waals surface area contributed by atoms with Gasteiger partial charge in [0.2, 0.25) is 0 Å². The standard InChI is InChI=1S/C9H10BrNOS/c10-7-2-1-3-8(9(7)11)13-6-4-12-5-6/h1-3,6H,4-5,11H2. The van der Waals surface area contributed by atoms with Gasteiger partial charge in [-0.05, 0) is 28.1 Å². The Kier molecular flexibility index (Phi) is 2.81. The van der Waals surface area contributed by atoms with Crippen molar-refractivity contribution in [3.63, 3.8) is 0 Å². The molecule has 0 atom stereocenters. The van der Waals surface area contributed by atoms with Crippen molar-refractivity contribution in [2.24, 2.45) is 0 Å². The lowest BCUT2D eigenvalue weighted by Gasteiger charge is -2.25. The van der Waals surface area contributed by atoms with Gasteiger partial charge in [-0.2, -0.15) is 0 Å². The number of halogens is 1. The summed E-state index contributed by atoms with van der Waals surface area (Å²) in [4.78, 5) is 1.14. The minimum Gasteiger partial charge on any atom is -0.397 e. The molecule has 1 saturated heterocycles. The van der Waals surface area contributed by atoms with E-state index in [9.17, 15) is 0 Å². The molecule has 0 saturated carbocycles. The molecule has 70 valence electrons. The highest BCUT2D eigenvalue weighted by Gasteiger charge is 2.20. The van der Waals surface area contributed by atoms with Gasteiger partial charge in [0.15, 0.2) is 0 Å². The van der Waals surface area contributed by atoms with E-state index in [1.807, 2.05) is 18.2 Å². The lowest BCUT2D eigenvalue weighted by Crippen LogP contribution is -2.30. The minimum atomic E-state index is 0.580. The van der Waals surface area contributed by atoms with E-state index in [4.69, 9.17) is 10.5 Å². The van der Waals surface area contributed by atoms with Crippen LogP contribution in [0.1, 0.15) is 0 Å². The number of para-hydroxylation sites is 1. The number of rotatable bonds is 2. The number of nitrogen functional groups attached to an aromatic ring is 1. The number of hydrogen-bond donors (Lipinski definition) is 1. The van der Waals surface area contributed by atoms with Crippen molar-refractivity contribution in [3.8, 4) is 0 Å². The number of benzene rings is 1. The van der Waals surface area contributed by atoms with Gasteiger partial charge in [-0.3, -0.25) is 0 Å². The highest BCUT2D eigenvalue weighted by atomic mass is 79.9. The molecule has 0 amide bonds. The van der Waals surface area contributed by atoms with Gasteiger partial charge in [0.05, 0.1) is 24.2 Å². The third kappa shape index (κ3) is 2.00. The van der Waals surface area contributed by atoms with Crippen LogP contribution in [0.15, 0.2) is 27.6 Å². The van der Waals surface area contributed by atoms with E-state index < -0.39 is 0 Å². The van der Waals surface area contributed by atoms with Crippen LogP contribution in [0.2, 0.25) is 0 Å². The van der Waals surface area contributed by atoms with Crippen LogP contribution in [0.4, 0.5) is 5.69 Å². The molecule has 0 aliphatic carbocycles. The van der Waals surface area contributed by atoms with E-state index in [2.05, 4.69) is 15.9 Å². The molecule has 13 heavy (non-hydrogen) atoms. The molecule has 2 nitrogen and oxygen atoms in total. The molecule has 1 aliphatic rings. The van der Waals surface area contributed by atoms with E-state index in [1.54, 1.807) is 11.8 Å². The zero-order valence-corrected chi connectivity index (χ0v) is 9.40. The molecule has 0 unspecified atom stereocenters. The van der Waals surface area contributed by atoms with Crippen molar-refractivity contribution in [1.82, 2.24) is 0 Å². The largest absolute Gasteiger partial charge is 0.397 e. The van der Waals surface area contributed by atoms with Crippen LogP contribution in [0.25, 0.3) is 0 Å². The number of anilines is 1. The summed E-state index contributed by atoms with van der Waals surface area (Å²) >= 11 is 5.20. The maximum atomic E-state index is 5.90. The van der Waals surface area contributed by atoms with E-state index in [0.29, 0.717) is 5.25 Å². The van der Waals surface area contributed by atoms with Crippen LogP contribution in [0.3, 0.4) is 0 Å². The van der Waals surface area contributed by atoms with Gasteiger partial charge < -0.3 is 10.5 Å². The number of thioether (sulfide) groups is 1. The average Bonchev–Trinajstić information content (AvgIpc) is 2.04. The smallest absolute Gasteiger partial charge is 0.0611 e. The molecule has 2 N–H and O–H groups in total. The Labute approximate surface area is 90.0 Å². The summed E-state index contributed by atoms with van der Waals surface area (Å²) in [6.45, 7) is 1.69. The number of nitrogens with two attached hydrogens (primary N) is 1. The van der Waals surface area contributed by atoms with Crippen molar-refractivity contribution < 1.29 is 4.74 Å². The summed E-state index contributed by atoms with van der Waals surface area (Å²) in [7, 11) is 0. The first-order chi connectivity index (χ1) is 6.27. The number of ether oxygens (including phenoxy) is 1. The van der Waals surface area contributed by atoms with E-state index in [1.165, 1.54) is 0 Å². The summed E-state index contributed by atoms with van der Waals surface area (Å²) in [6.07, 6.45) is 0. The number of hydrogen-bond acceptors (Lipinski definition) is 3. The molecule has 4 heteroatoms. The average molecular weight is 260 g/mol. The van der Waals surface area contributed by atoms with Gasteiger partial charge in [0.1, 0.15) is 0 Å². The zero-order valence-electron chi connectivity index (χ0n) is 7.00. The second-order valence-electron chi connectivity index (χ2n) is 2.93. The first kappa shape index (κ1) is 9.37. The van der Waals surface area contributed by atoms with E-state index >= 15 is 0 Å². The Bertz CT molecular complexity index is 314. The predicted octanol–water partition coefficient (Wildman–Crippen LogP) is 2.52. The van der Waals surface area contributed by atoms with Crippen molar-refractivity contribution in [2.45, 2.75) is 10.1 Å². The van der Waals surface area contributed by atoms with Gasteiger partial charge in [0.25, 0.3) is 0 Å². The SMILES string of the molecule is Nc1c(Br)cccc1SC1COC1. The molecule has 1 aromatic rings. The zero-order chi connectivity index (χ0) is 9.26. The Balaban J connectivity index is 2.14. The lowest BCUT2D eigenvalue weighted by atomic mass is 10.3. The lowest BCUT2D eigenvalue weighted by molar-refractivity contribution is 0.0455. The molecule has 0 radical (unpaired) electrons. The molecule has 2 rings (SSSR count). The fraction of sp³-hybridized carbons (Fsp3) is 0.333. The van der Waals surface area contributed by atoms with Gasteiger partial charge in [-0.1, -0.05) is 6.07 Å². The molecule has 0 spiro atoms. The molecule has 0 aromatic heterocycles. The topological polar surface area (TPSA) is 35.2 Å². The quantitative estimate of drug-likeness (QED) is 0.830. The Morgan fingerprint density at radius 3 is 2.85 bits per heavy atom. The van der Waals surface area contributed by atoms with Gasteiger partial charge in [0, 0.05) is 9.37 Å². The molecule has 1 heterocycles. The molecule has 1 fully saturated rings. The second-order valence-corrected chi connectivity index (χ2v) is 5.13. The summed E-state index contributed by atoms with van der Waals surface area (Å²) in [5, 5.41) is 0.580. The van der Waals surface area contributed by atoms with Crippen LogP contribution in [0, 0.1) is 0 Å². The highest BCUT2D eigenvalue weighted by Crippen LogP contribution is 2.35. The Morgan fingerprint density at radius 2 is 2.23 bits per heavy atom. The van der Waals surface area contributed by atoms with Crippen molar-refractivity contribution in [2.75, 3.05) is 18.9 Å². The van der Waals surface area contributed by atoms with Crippen LogP contribution in [-0.2, 0) is 4.74 Å². The first-order valence-electron chi connectivity index (χ1n) is 4.06. The fourth-order valence-corrected chi connectivity index (χ4v) is 2.66. The minimum absolute atomic E-state index is 0.580. The summed E-state index contributed by atoms with van der Waals surface area (Å²) in [5.74, 6) is 0. The Hall–Kier alpha value is -0.190. The van der Waals surface area contributed by atoms with Gasteiger partial charge in [-0.15, -0.1) is 11.8 Å². The third-order valence-electron chi connectivity index (χ3n) is 1.91. The summed E-state index contributed by atoms with van der Waals surface area (Å²) < 4.78 is 6.07. The summed E-state index contributed by atoms with van der Waals surface area (Å²) in [6, 6.07) is 6.00. The molecular formula is C9H10BrNOS. The van der Waals surface area contributed by atoms with Crippen molar-refractivity contribution in [3.05, 3.63) is 22.7 Å². The molecular weight excluding hydrogens is 250 g/mol. The van der Waals surface area contributed by atoms with Crippen LogP contribution in [-0.4, -0.2) is 18.5 Å². The van der Waals surface area contributed by atoms with Gasteiger partial charge >= 0.3 is 0 Å². The maximum Gasteiger partial charge on any atom is 0.0611 e. The third-order valence-corrected chi connectivity index (χ3v) is 3.82. The van der Waals surface area contributed by atoms with E-state index in [0.717, 1.165) is 28.3 Å². The predicted molar refractivity (Wildman–Crippen MR) is 59.0 cm³/mol. The van der Waals surface area contributed by atoms with Crippen molar-refractivity contribution >= 4 is 33.4 Å². The van der Waals surface area contributed by atoms with Crippen molar-refractivity contribution in [1.29, 1.82) is 0 Å². The van der Waals surface area contributed by atoms with Crippen LogP contribution < -0.4 is 5.73 Å². The fourth-order valence-electron chi connectivity index (χ4n) is 1.08. The Morgan fingerprint density at radius 1 is 1.46 bits per heavy atom. The first-order valence-corrected chi connectivity index (χ1v) is 5.73. The molecule has 1 aliphatic heterocycles. The highest BCUT2D eigenvalue weighted by molar-refractivity contribution is 9.10. The second kappa shape index (κ2) is 3.90. The normalized spacial score (nSPS) is 17.0. The maximum absolute atomic E-state index is 5.90.